The standard InChI is InChI=1S/C33H34PS/c1-26(27-19-20-32-31(25-27)33(2,3)22-24-35-32)21-23-34(28-13-7-4-8-14-28,29-15-9-5-10-16-29)30-17-11-6-12-18-30/h4-21,25H,22-24H2,1-3H3/q+1/b26-21+. The first-order chi connectivity index (χ1) is 17.0. The molecule has 2 heteroatoms. The van der Waals surface area contributed by atoms with Crippen LogP contribution < -0.4 is 15.9 Å². The average molecular weight is 494 g/mol. The number of hydrogen-bond acceptors (Lipinski definition) is 1. The Balaban J connectivity index is 1.63. The molecule has 0 amide bonds. The molecule has 0 saturated carbocycles. The van der Waals surface area contributed by atoms with Crippen LogP contribution in [0.15, 0.2) is 120 Å². The summed E-state index contributed by atoms with van der Waals surface area (Å²) in [4.78, 5) is 1.46. The van der Waals surface area contributed by atoms with E-state index in [0.29, 0.717) is 0 Å². The van der Waals surface area contributed by atoms with Crippen molar-refractivity contribution in [2.75, 3.05) is 11.9 Å². The molecule has 0 radical (unpaired) electrons. The van der Waals surface area contributed by atoms with Crippen LogP contribution in [-0.4, -0.2) is 11.9 Å². The minimum Gasteiger partial charge on any atom is -0.126 e. The highest BCUT2D eigenvalue weighted by Crippen LogP contribution is 2.55. The zero-order valence-electron chi connectivity index (χ0n) is 20.9. The van der Waals surface area contributed by atoms with Gasteiger partial charge in [-0.3, -0.25) is 0 Å². The summed E-state index contributed by atoms with van der Waals surface area (Å²) in [7, 11) is -1.86. The molecule has 4 aromatic rings. The zero-order chi connectivity index (χ0) is 24.3. The Bertz CT molecular complexity index is 1210. The highest BCUT2D eigenvalue weighted by Gasteiger charge is 2.44. The van der Waals surface area contributed by atoms with Gasteiger partial charge in [-0.25, -0.2) is 0 Å². The van der Waals surface area contributed by atoms with Crippen molar-refractivity contribution < 1.29 is 0 Å². The Hall–Kier alpha value is -2.60. The van der Waals surface area contributed by atoms with Crippen molar-refractivity contribution in [2.24, 2.45) is 0 Å². The smallest absolute Gasteiger partial charge is 0.115 e. The SMILES string of the molecule is C/C(=C\C[P+](c1ccccc1)(c1ccccc1)c1ccccc1)c1ccc2c(c1)C(C)(C)CCS2. The molecule has 35 heavy (non-hydrogen) atoms. The Morgan fingerprint density at radius 2 is 1.29 bits per heavy atom. The van der Waals surface area contributed by atoms with Crippen LogP contribution in [0.1, 0.15) is 38.3 Å². The maximum Gasteiger partial charge on any atom is 0.115 e. The van der Waals surface area contributed by atoms with E-state index >= 15 is 0 Å². The summed E-state index contributed by atoms with van der Waals surface area (Å²) in [5.41, 5.74) is 4.47. The molecule has 1 aliphatic heterocycles. The third kappa shape index (κ3) is 4.77. The second-order valence-corrected chi connectivity index (χ2v) is 14.7. The summed E-state index contributed by atoms with van der Waals surface area (Å²) >= 11 is 2.01. The topological polar surface area (TPSA) is 0 Å². The summed E-state index contributed by atoms with van der Waals surface area (Å²) in [5, 5.41) is 4.30. The van der Waals surface area contributed by atoms with Crippen molar-refractivity contribution in [3.8, 4) is 0 Å². The highest BCUT2D eigenvalue weighted by atomic mass is 32.2. The van der Waals surface area contributed by atoms with Gasteiger partial charge in [-0.2, -0.15) is 0 Å². The molecule has 0 saturated heterocycles. The van der Waals surface area contributed by atoms with Crippen molar-refractivity contribution in [3.05, 3.63) is 126 Å². The van der Waals surface area contributed by atoms with Gasteiger partial charge in [0.2, 0.25) is 0 Å². The van der Waals surface area contributed by atoms with Crippen LogP contribution in [0.3, 0.4) is 0 Å². The van der Waals surface area contributed by atoms with Crippen LogP contribution in [0.2, 0.25) is 0 Å². The lowest BCUT2D eigenvalue weighted by Gasteiger charge is -2.32. The molecule has 5 rings (SSSR count). The fourth-order valence-corrected chi connectivity index (χ4v) is 10.8. The molecule has 1 aliphatic rings. The minimum atomic E-state index is -1.86. The van der Waals surface area contributed by atoms with Gasteiger partial charge in [0.25, 0.3) is 0 Å². The van der Waals surface area contributed by atoms with Gasteiger partial charge < -0.3 is 0 Å². The van der Waals surface area contributed by atoms with E-state index in [1.807, 2.05) is 11.8 Å². The van der Waals surface area contributed by atoms with Gasteiger partial charge in [0.05, 0.1) is 6.16 Å². The van der Waals surface area contributed by atoms with Crippen LogP contribution in [-0.2, 0) is 5.41 Å². The Labute approximate surface area is 215 Å². The van der Waals surface area contributed by atoms with E-state index < -0.39 is 7.26 Å². The highest BCUT2D eigenvalue weighted by molar-refractivity contribution is 7.99. The molecule has 0 atom stereocenters. The van der Waals surface area contributed by atoms with Crippen LogP contribution in [0.5, 0.6) is 0 Å². The number of rotatable bonds is 6. The van der Waals surface area contributed by atoms with Gasteiger partial charge in [0.1, 0.15) is 23.2 Å². The Kier molecular flexibility index (Phi) is 7.01. The lowest BCUT2D eigenvalue weighted by molar-refractivity contribution is 0.494. The van der Waals surface area contributed by atoms with Crippen molar-refractivity contribution in [1.82, 2.24) is 0 Å². The lowest BCUT2D eigenvalue weighted by atomic mass is 9.80. The second-order valence-electron chi connectivity index (χ2n) is 10.1. The lowest BCUT2D eigenvalue weighted by Crippen LogP contribution is -2.33. The van der Waals surface area contributed by atoms with Crippen LogP contribution >= 0.6 is 19.0 Å². The predicted octanol–water partition coefficient (Wildman–Crippen LogP) is 7.86. The van der Waals surface area contributed by atoms with Crippen LogP contribution in [0.4, 0.5) is 0 Å². The van der Waals surface area contributed by atoms with Gasteiger partial charge in [-0.15, -0.1) is 11.8 Å². The number of thioether (sulfide) groups is 1. The summed E-state index contributed by atoms with van der Waals surface area (Å²) in [5.74, 6) is 1.21. The van der Waals surface area contributed by atoms with E-state index in [0.717, 1.165) is 6.16 Å². The fraction of sp³-hybridized carbons (Fsp3) is 0.212. The minimum absolute atomic E-state index is 0.242. The first kappa shape index (κ1) is 24.1. The predicted molar refractivity (Wildman–Crippen MR) is 158 cm³/mol. The van der Waals surface area contributed by atoms with Crippen LogP contribution in [0, 0.1) is 0 Å². The van der Waals surface area contributed by atoms with Crippen molar-refractivity contribution >= 4 is 40.5 Å². The Morgan fingerprint density at radius 3 is 1.80 bits per heavy atom. The molecule has 176 valence electrons. The molecular weight excluding hydrogens is 459 g/mol. The van der Waals surface area contributed by atoms with E-state index in [1.54, 1.807) is 0 Å². The van der Waals surface area contributed by atoms with Crippen molar-refractivity contribution in [2.45, 2.75) is 37.5 Å². The maximum atomic E-state index is 2.51. The van der Waals surface area contributed by atoms with Crippen molar-refractivity contribution in [3.63, 3.8) is 0 Å². The molecule has 0 spiro atoms. The largest absolute Gasteiger partial charge is 0.126 e. The Morgan fingerprint density at radius 1 is 0.771 bits per heavy atom. The zero-order valence-corrected chi connectivity index (χ0v) is 22.7. The molecule has 1 heterocycles. The molecule has 0 N–H and O–H groups in total. The van der Waals surface area contributed by atoms with E-state index in [4.69, 9.17) is 0 Å². The first-order valence-corrected chi connectivity index (χ1v) is 15.5. The number of fused-ring (bicyclic) bond motifs is 1. The van der Waals surface area contributed by atoms with E-state index in [1.165, 1.54) is 49.7 Å². The molecule has 0 aromatic heterocycles. The average Bonchev–Trinajstić information content (AvgIpc) is 2.90. The number of hydrogen-bond donors (Lipinski definition) is 0. The number of benzene rings is 4. The maximum absolute atomic E-state index is 2.51. The van der Waals surface area contributed by atoms with Gasteiger partial charge in [0, 0.05) is 4.90 Å². The molecular formula is C33H34PS+. The monoisotopic (exact) mass is 493 g/mol. The fourth-order valence-electron chi connectivity index (χ4n) is 5.18. The van der Waals surface area contributed by atoms with Gasteiger partial charge in [-0.05, 0) is 95.8 Å². The molecule has 0 unspecified atom stereocenters. The summed E-state index contributed by atoms with van der Waals surface area (Å²) in [6.45, 7) is 7.08. The van der Waals surface area contributed by atoms with Gasteiger partial charge in [0.15, 0.2) is 0 Å². The first-order valence-electron chi connectivity index (χ1n) is 12.5. The molecule has 0 bridgehead atoms. The summed E-state index contributed by atoms with van der Waals surface area (Å²) in [6.07, 6.45) is 4.75. The second kappa shape index (κ2) is 10.2. The summed E-state index contributed by atoms with van der Waals surface area (Å²) < 4.78 is 0. The third-order valence-corrected chi connectivity index (χ3v) is 12.8. The molecule has 0 nitrogen and oxygen atoms in total. The quantitative estimate of drug-likeness (QED) is 0.246. The number of allylic oxidation sites excluding steroid dienone is 2. The van der Waals surface area contributed by atoms with E-state index in [2.05, 4.69) is 136 Å². The van der Waals surface area contributed by atoms with Gasteiger partial charge in [-0.1, -0.05) is 74.5 Å². The molecule has 0 aliphatic carbocycles. The molecule has 4 aromatic carbocycles. The van der Waals surface area contributed by atoms with E-state index in [-0.39, 0.29) is 5.41 Å². The van der Waals surface area contributed by atoms with Crippen LogP contribution in [0.25, 0.3) is 5.57 Å². The van der Waals surface area contributed by atoms with Gasteiger partial charge >= 0.3 is 0 Å². The summed E-state index contributed by atoms with van der Waals surface area (Å²) in [6, 6.07) is 40.6. The van der Waals surface area contributed by atoms with Crippen molar-refractivity contribution in [1.29, 1.82) is 0 Å². The van der Waals surface area contributed by atoms with E-state index in [9.17, 15) is 0 Å². The normalized spacial score (nSPS) is 15.5. The molecule has 0 fully saturated rings. The third-order valence-electron chi connectivity index (χ3n) is 7.41.